The lowest BCUT2D eigenvalue weighted by Crippen LogP contribution is -2.04. The van der Waals surface area contributed by atoms with Gasteiger partial charge in [-0.15, -0.1) is 0 Å². The molecule has 0 aliphatic rings. The Morgan fingerprint density at radius 1 is 1.14 bits per heavy atom. The number of nitrogens with zero attached hydrogens (tertiary/aromatic N) is 1. The van der Waals surface area contributed by atoms with Gasteiger partial charge in [0.2, 0.25) is 0 Å². The molecule has 21 heavy (non-hydrogen) atoms. The van der Waals surface area contributed by atoms with Crippen molar-refractivity contribution in [3.05, 3.63) is 48.0 Å². The Morgan fingerprint density at radius 2 is 1.95 bits per heavy atom. The quantitative estimate of drug-likeness (QED) is 0.750. The summed E-state index contributed by atoms with van der Waals surface area (Å²) < 4.78 is 9.97. The maximum absolute atomic E-state index is 11.8. The standard InChI is InChI=1S/C16H14N2O3/c1-20-14-8-7-10(9-11(14)16(19)21-2)15-17-12-5-3-4-6-13(12)18-15/h3-9H,1-2H3,(H,17,18). The summed E-state index contributed by atoms with van der Waals surface area (Å²) in [4.78, 5) is 19.6. The van der Waals surface area contributed by atoms with Crippen LogP contribution < -0.4 is 4.74 Å². The number of rotatable bonds is 3. The fourth-order valence-electron chi connectivity index (χ4n) is 2.21. The minimum absolute atomic E-state index is 0.373. The number of nitrogens with one attached hydrogen (secondary N) is 1. The summed E-state index contributed by atoms with van der Waals surface area (Å²) in [6, 6.07) is 13.1. The van der Waals surface area contributed by atoms with Gasteiger partial charge in [-0.05, 0) is 30.3 Å². The summed E-state index contributed by atoms with van der Waals surface area (Å²) in [6.07, 6.45) is 0. The Bertz CT molecular complexity index is 775. The van der Waals surface area contributed by atoms with E-state index in [4.69, 9.17) is 9.47 Å². The van der Waals surface area contributed by atoms with Crippen LogP contribution in [-0.4, -0.2) is 30.2 Å². The largest absolute Gasteiger partial charge is 0.496 e. The first-order valence-corrected chi connectivity index (χ1v) is 6.44. The highest BCUT2D eigenvalue weighted by molar-refractivity contribution is 5.94. The van der Waals surface area contributed by atoms with Crippen molar-refractivity contribution in [2.24, 2.45) is 0 Å². The highest BCUT2D eigenvalue weighted by Gasteiger charge is 2.15. The Kier molecular flexibility index (Phi) is 3.31. The van der Waals surface area contributed by atoms with E-state index in [0.717, 1.165) is 16.6 Å². The van der Waals surface area contributed by atoms with Crippen molar-refractivity contribution in [2.75, 3.05) is 14.2 Å². The molecule has 0 amide bonds. The zero-order valence-electron chi connectivity index (χ0n) is 11.7. The molecule has 0 saturated carbocycles. The Balaban J connectivity index is 2.11. The van der Waals surface area contributed by atoms with Crippen LogP contribution >= 0.6 is 0 Å². The molecule has 1 aromatic heterocycles. The average molecular weight is 282 g/mol. The van der Waals surface area contributed by atoms with E-state index in [-0.39, 0.29) is 0 Å². The second kappa shape index (κ2) is 5.28. The van der Waals surface area contributed by atoms with Gasteiger partial charge < -0.3 is 14.5 Å². The number of imidazole rings is 1. The third-order valence-electron chi connectivity index (χ3n) is 3.27. The smallest absolute Gasteiger partial charge is 0.341 e. The fourth-order valence-corrected chi connectivity index (χ4v) is 2.21. The molecule has 0 unspecified atom stereocenters. The van der Waals surface area contributed by atoms with Crippen LogP contribution in [0.4, 0.5) is 0 Å². The lowest BCUT2D eigenvalue weighted by molar-refractivity contribution is 0.0597. The molecule has 5 nitrogen and oxygen atoms in total. The van der Waals surface area contributed by atoms with Gasteiger partial charge in [-0.2, -0.15) is 0 Å². The number of para-hydroxylation sites is 2. The van der Waals surface area contributed by atoms with Crippen molar-refractivity contribution in [1.82, 2.24) is 9.97 Å². The minimum atomic E-state index is -0.440. The van der Waals surface area contributed by atoms with Crippen LogP contribution in [0.25, 0.3) is 22.4 Å². The van der Waals surface area contributed by atoms with Crippen LogP contribution in [0.3, 0.4) is 0 Å². The summed E-state index contributed by atoms with van der Waals surface area (Å²) >= 11 is 0. The van der Waals surface area contributed by atoms with Crippen LogP contribution in [-0.2, 0) is 4.74 Å². The van der Waals surface area contributed by atoms with E-state index in [1.54, 1.807) is 12.1 Å². The topological polar surface area (TPSA) is 64.2 Å². The number of aromatic amines is 1. The number of hydrogen-bond donors (Lipinski definition) is 1. The van der Waals surface area contributed by atoms with E-state index >= 15 is 0 Å². The van der Waals surface area contributed by atoms with Gasteiger partial charge in [0, 0.05) is 5.56 Å². The normalized spacial score (nSPS) is 10.6. The van der Waals surface area contributed by atoms with E-state index < -0.39 is 5.97 Å². The molecule has 0 fully saturated rings. The van der Waals surface area contributed by atoms with Gasteiger partial charge in [0.15, 0.2) is 0 Å². The first-order chi connectivity index (χ1) is 10.2. The van der Waals surface area contributed by atoms with Crippen molar-refractivity contribution in [3.8, 4) is 17.1 Å². The molecule has 0 radical (unpaired) electrons. The van der Waals surface area contributed by atoms with Crippen LogP contribution in [0.5, 0.6) is 5.75 Å². The zero-order chi connectivity index (χ0) is 14.8. The second-order valence-corrected chi connectivity index (χ2v) is 4.51. The van der Waals surface area contributed by atoms with Crippen LogP contribution in [0, 0.1) is 0 Å². The summed E-state index contributed by atoms with van der Waals surface area (Å²) in [5.41, 5.74) is 3.00. The molecule has 0 atom stereocenters. The number of fused-ring (bicyclic) bond motifs is 1. The maximum atomic E-state index is 11.8. The maximum Gasteiger partial charge on any atom is 0.341 e. The predicted molar refractivity (Wildman–Crippen MR) is 79.4 cm³/mol. The highest BCUT2D eigenvalue weighted by atomic mass is 16.5. The monoisotopic (exact) mass is 282 g/mol. The molecule has 1 N–H and O–H groups in total. The Labute approximate surface area is 121 Å². The van der Waals surface area contributed by atoms with Crippen LogP contribution in [0.1, 0.15) is 10.4 Å². The van der Waals surface area contributed by atoms with Crippen molar-refractivity contribution < 1.29 is 14.3 Å². The number of esters is 1. The lowest BCUT2D eigenvalue weighted by atomic mass is 10.1. The van der Waals surface area contributed by atoms with E-state index in [9.17, 15) is 4.79 Å². The molecule has 3 aromatic rings. The number of H-pyrrole nitrogens is 1. The number of carbonyl (C=O) groups is 1. The lowest BCUT2D eigenvalue weighted by Gasteiger charge is -2.08. The predicted octanol–water partition coefficient (Wildman–Crippen LogP) is 3.03. The van der Waals surface area contributed by atoms with Gasteiger partial charge in [-0.3, -0.25) is 0 Å². The zero-order valence-corrected chi connectivity index (χ0v) is 11.7. The summed E-state index contributed by atoms with van der Waals surface area (Å²) in [6.45, 7) is 0. The fraction of sp³-hybridized carbons (Fsp3) is 0.125. The van der Waals surface area contributed by atoms with Gasteiger partial charge in [0.1, 0.15) is 17.1 Å². The molecule has 5 heteroatoms. The summed E-state index contributed by atoms with van der Waals surface area (Å²) in [5, 5.41) is 0. The van der Waals surface area contributed by atoms with Gasteiger partial charge in [-0.1, -0.05) is 12.1 Å². The highest BCUT2D eigenvalue weighted by Crippen LogP contribution is 2.27. The first kappa shape index (κ1) is 13.2. The minimum Gasteiger partial charge on any atom is -0.496 e. The van der Waals surface area contributed by atoms with Crippen molar-refractivity contribution in [3.63, 3.8) is 0 Å². The molecular formula is C16H14N2O3. The van der Waals surface area contributed by atoms with E-state index in [1.807, 2.05) is 30.3 Å². The second-order valence-electron chi connectivity index (χ2n) is 4.51. The number of benzene rings is 2. The molecule has 0 saturated heterocycles. The third-order valence-corrected chi connectivity index (χ3v) is 3.27. The number of aromatic nitrogens is 2. The number of hydrogen-bond acceptors (Lipinski definition) is 4. The molecule has 0 bridgehead atoms. The molecule has 2 aromatic carbocycles. The van der Waals surface area contributed by atoms with Crippen LogP contribution in [0.15, 0.2) is 42.5 Å². The van der Waals surface area contributed by atoms with E-state index in [1.165, 1.54) is 14.2 Å². The van der Waals surface area contributed by atoms with Gasteiger partial charge in [0.25, 0.3) is 0 Å². The van der Waals surface area contributed by atoms with E-state index in [0.29, 0.717) is 17.1 Å². The number of ether oxygens (including phenoxy) is 2. The molecule has 1 heterocycles. The van der Waals surface area contributed by atoms with E-state index in [2.05, 4.69) is 9.97 Å². The van der Waals surface area contributed by atoms with Crippen molar-refractivity contribution in [1.29, 1.82) is 0 Å². The summed E-state index contributed by atoms with van der Waals surface area (Å²) in [5.74, 6) is 0.732. The molecule has 0 aliphatic carbocycles. The molecular weight excluding hydrogens is 268 g/mol. The van der Waals surface area contributed by atoms with Crippen molar-refractivity contribution >= 4 is 17.0 Å². The summed E-state index contributed by atoms with van der Waals surface area (Å²) in [7, 11) is 2.86. The number of methoxy groups -OCH3 is 2. The molecule has 0 aliphatic heterocycles. The Hall–Kier alpha value is -2.82. The Morgan fingerprint density at radius 3 is 2.67 bits per heavy atom. The number of carbonyl (C=O) groups excluding carboxylic acids is 1. The van der Waals surface area contributed by atoms with Gasteiger partial charge in [0.05, 0.1) is 25.3 Å². The van der Waals surface area contributed by atoms with Crippen LogP contribution in [0.2, 0.25) is 0 Å². The van der Waals surface area contributed by atoms with Crippen molar-refractivity contribution in [2.45, 2.75) is 0 Å². The SMILES string of the molecule is COC(=O)c1cc(-c2nc3ccccc3[nH]2)ccc1OC. The average Bonchev–Trinajstić information content (AvgIpc) is 2.97. The van der Waals surface area contributed by atoms with Gasteiger partial charge in [-0.25, -0.2) is 9.78 Å². The first-order valence-electron chi connectivity index (χ1n) is 6.44. The third kappa shape index (κ3) is 2.33. The molecule has 106 valence electrons. The molecule has 0 spiro atoms. The van der Waals surface area contributed by atoms with Gasteiger partial charge >= 0.3 is 5.97 Å². The molecule has 3 rings (SSSR count).